The molecule has 0 fully saturated rings. The van der Waals surface area contributed by atoms with Crippen LogP contribution in [0.1, 0.15) is 12.5 Å². The van der Waals surface area contributed by atoms with Crippen LogP contribution >= 0.6 is 0 Å². The second kappa shape index (κ2) is 7.46. The monoisotopic (exact) mass is 372 g/mol. The van der Waals surface area contributed by atoms with Crippen LogP contribution in [0, 0.1) is 0 Å². The number of hydrogen-bond acceptors (Lipinski definition) is 7. The number of nitrogens with one attached hydrogen (secondary N) is 2. The standard InChI is InChI=1S/C17H20N6O4/c1-10(11-4-6-12(27-3)7-5-11)20-21-16-18-14-13(23(16)8-9-24)15(25)19-17(26)22(14)2/h4-7,24H,8-9H2,1-3H3,(H,18,21)(H,19,25,26). The lowest BCUT2D eigenvalue weighted by Gasteiger charge is -2.07. The average molecular weight is 372 g/mol. The smallest absolute Gasteiger partial charge is 0.329 e. The van der Waals surface area contributed by atoms with Gasteiger partial charge in [-0.25, -0.2) is 10.2 Å². The van der Waals surface area contributed by atoms with E-state index in [0.717, 1.165) is 11.3 Å². The molecule has 10 nitrogen and oxygen atoms in total. The van der Waals surface area contributed by atoms with Crippen molar-refractivity contribution in [2.45, 2.75) is 13.5 Å². The number of H-pyrrole nitrogens is 1. The Morgan fingerprint density at radius 2 is 2.04 bits per heavy atom. The number of imidazole rings is 1. The van der Waals surface area contributed by atoms with Crippen molar-refractivity contribution < 1.29 is 9.84 Å². The van der Waals surface area contributed by atoms with Crippen LogP contribution in [0.25, 0.3) is 11.2 Å². The fourth-order valence-corrected chi connectivity index (χ4v) is 2.67. The Kier molecular flexibility index (Phi) is 5.08. The summed E-state index contributed by atoms with van der Waals surface area (Å²) in [5.74, 6) is 0.989. The van der Waals surface area contributed by atoms with Crippen LogP contribution in [-0.2, 0) is 13.6 Å². The van der Waals surface area contributed by atoms with Gasteiger partial charge < -0.3 is 14.4 Å². The molecule has 2 heterocycles. The van der Waals surface area contributed by atoms with E-state index >= 15 is 0 Å². The highest BCUT2D eigenvalue weighted by atomic mass is 16.5. The van der Waals surface area contributed by atoms with Crippen molar-refractivity contribution in [3.8, 4) is 5.75 Å². The summed E-state index contributed by atoms with van der Waals surface area (Å²) < 4.78 is 7.85. The lowest BCUT2D eigenvalue weighted by Crippen LogP contribution is -2.29. The van der Waals surface area contributed by atoms with E-state index in [1.165, 1.54) is 16.2 Å². The maximum Gasteiger partial charge on any atom is 0.329 e. The number of aromatic amines is 1. The van der Waals surface area contributed by atoms with Gasteiger partial charge in [0.05, 0.1) is 19.4 Å². The van der Waals surface area contributed by atoms with Gasteiger partial charge in [0.25, 0.3) is 5.56 Å². The predicted molar refractivity (Wildman–Crippen MR) is 102 cm³/mol. The molecule has 1 aromatic carbocycles. The summed E-state index contributed by atoms with van der Waals surface area (Å²) in [5, 5.41) is 13.6. The molecule has 3 aromatic rings. The van der Waals surface area contributed by atoms with Crippen LogP contribution in [0.4, 0.5) is 5.95 Å². The normalized spacial score (nSPS) is 11.8. The largest absolute Gasteiger partial charge is 0.497 e. The molecule has 0 amide bonds. The lowest BCUT2D eigenvalue weighted by atomic mass is 10.1. The zero-order valence-corrected chi connectivity index (χ0v) is 15.2. The average Bonchev–Trinajstić information content (AvgIpc) is 3.04. The molecule has 0 bridgehead atoms. The number of aromatic nitrogens is 4. The zero-order chi connectivity index (χ0) is 19.6. The minimum atomic E-state index is -0.571. The number of aryl methyl sites for hydroxylation is 1. The van der Waals surface area contributed by atoms with Crippen molar-refractivity contribution in [3.63, 3.8) is 0 Å². The first-order valence-corrected chi connectivity index (χ1v) is 8.21. The van der Waals surface area contributed by atoms with Gasteiger partial charge in [-0.2, -0.15) is 10.1 Å². The fourth-order valence-electron chi connectivity index (χ4n) is 2.67. The first-order valence-electron chi connectivity index (χ1n) is 8.21. The van der Waals surface area contributed by atoms with E-state index < -0.39 is 11.2 Å². The summed E-state index contributed by atoms with van der Waals surface area (Å²) in [7, 11) is 3.10. The van der Waals surface area contributed by atoms with Crippen molar-refractivity contribution in [1.82, 2.24) is 19.1 Å². The Bertz CT molecular complexity index is 1110. The van der Waals surface area contributed by atoms with Gasteiger partial charge in [0.15, 0.2) is 11.2 Å². The molecule has 3 N–H and O–H groups in total. The molecule has 0 atom stereocenters. The highest BCUT2D eigenvalue weighted by Gasteiger charge is 2.16. The van der Waals surface area contributed by atoms with Crippen molar-refractivity contribution in [2.24, 2.45) is 12.1 Å². The molecule has 142 valence electrons. The fraction of sp³-hybridized carbons (Fsp3) is 0.294. The number of ether oxygens (including phenoxy) is 1. The van der Waals surface area contributed by atoms with Gasteiger partial charge in [-0.1, -0.05) is 0 Å². The molecule has 2 aromatic heterocycles. The molecule has 27 heavy (non-hydrogen) atoms. The van der Waals surface area contributed by atoms with E-state index in [9.17, 15) is 14.7 Å². The number of nitrogens with zero attached hydrogens (tertiary/aromatic N) is 4. The van der Waals surface area contributed by atoms with Crippen molar-refractivity contribution in [3.05, 3.63) is 50.7 Å². The van der Waals surface area contributed by atoms with Crippen LogP contribution in [0.2, 0.25) is 0 Å². The maximum atomic E-state index is 12.2. The highest BCUT2D eigenvalue weighted by molar-refractivity contribution is 5.99. The van der Waals surface area contributed by atoms with Crippen molar-refractivity contribution in [2.75, 3.05) is 19.1 Å². The van der Waals surface area contributed by atoms with Gasteiger partial charge in [0, 0.05) is 13.6 Å². The third-order valence-corrected chi connectivity index (χ3v) is 4.16. The highest BCUT2D eigenvalue weighted by Crippen LogP contribution is 2.16. The molecule has 3 rings (SSSR count). The Morgan fingerprint density at radius 3 is 2.67 bits per heavy atom. The summed E-state index contributed by atoms with van der Waals surface area (Å²) in [5.41, 5.74) is 3.63. The first-order chi connectivity index (χ1) is 13.0. The number of aliphatic hydroxyl groups excluding tert-OH is 1. The van der Waals surface area contributed by atoms with E-state index in [1.807, 2.05) is 31.2 Å². The molecular formula is C17H20N6O4. The van der Waals surface area contributed by atoms with Crippen LogP contribution < -0.4 is 21.4 Å². The molecule has 10 heteroatoms. The van der Waals surface area contributed by atoms with E-state index in [4.69, 9.17) is 4.74 Å². The van der Waals surface area contributed by atoms with Gasteiger partial charge in [-0.05, 0) is 36.8 Å². The number of hydrazone groups is 1. The summed E-state index contributed by atoms with van der Waals surface area (Å²) in [6.45, 7) is 1.73. The van der Waals surface area contributed by atoms with E-state index in [0.29, 0.717) is 5.71 Å². The number of anilines is 1. The third kappa shape index (κ3) is 3.47. The minimum absolute atomic E-state index is 0.122. The van der Waals surface area contributed by atoms with E-state index in [1.54, 1.807) is 7.11 Å². The van der Waals surface area contributed by atoms with E-state index in [2.05, 4.69) is 20.5 Å². The van der Waals surface area contributed by atoms with Crippen LogP contribution in [-0.4, -0.2) is 43.6 Å². The number of hydrogen-bond donors (Lipinski definition) is 3. The molecule has 0 aliphatic carbocycles. The molecular weight excluding hydrogens is 352 g/mol. The quantitative estimate of drug-likeness (QED) is 0.421. The third-order valence-electron chi connectivity index (χ3n) is 4.16. The molecule has 0 aliphatic rings. The number of benzene rings is 1. The van der Waals surface area contributed by atoms with Crippen molar-refractivity contribution >= 4 is 22.8 Å². The molecule has 0 aliphatic heterocycles. The SMILES string of the molecule is COc1ccc(C(C)=NNc2nc3c(c(=O)[nH]c(=O)n3C)n2CCO)cc1. The molecule has 0 saturated heterocycles. The van der Waals surface area contributed by atoms with Gasteiger partial charge in [-0.15, -0.1) is 0 Å². The second-order valence-electron chi connectivity index (χ2n) is 5.84. The van der Waals surface area contributed by atoms with Gasteiger partial charge in [0.2, 0.25) is 5.95 Å². The molecule has 0 spiro atoms. The van der Waals surface area contributed by atoms with Crippen LogP contribution in [0.3, 0.4) is 0 Å². The summed E-state index contributed by atoms with van der Waals surface area (Å²) >= 11 is 0. The number of fused-ring (bicyclic) bond motifs is 1. The van der Waals surface area contributed by atoms with Gasteiger partial charge in [-0.3, -0.25) is 14.3 Å². The van der Waals surface area contributed by atoms with Gasteiger partial charge in [0.1, 0.15) is 5.75 Å². The van der Waals surface area contributed by atoms with E-state index in [-0.39, 0.29) is 30.3 Å². The van der Waals surface area contributed by atoms with Crippen molar-refractivity contribution in [1.29, 1.82) is 0 Å². The summed E-state index contributed by atoms with van der Waals surface area (Å²) in [4.78, 5) is 30.5. The lowest BCUT2D eigenvalue weighted by molar-refractivity contribution is 0.278. The van der Waals surface area contributed by atoms with Gasteiger partial charge >= 0.3 is 5.69 Å². The molecule has 0 unspecified atom stereocenters. The Balaban J connectivity index is 2.01. The summed E-state index contributed by atoms with van der Waals surface area (Å²) in [6, 6.07) is 7.38. The molecule has 0 saturated carbocycles. The number of rotatable bonds is 6. The Morgan fingerprint density at radius 1 is 1.33 bits per heavy atom. The Labute approximate surface area is 153 Å². The molecule has 0 radical (unpaired) electrons. The van der Waals surface area contributed by atoms with Crippen LogP contribution in [0.5, 0.6) is 5.75 Å². The maximum absolute atomic E-state index is 12.2. The minimum Gasteiger partial charge on any atom is -0.497 e. The summed E-state index contributed by atoms with van der Waals surface area (Å²) in [6.07, 6.45) is 0. The van der Waals surface area contributed by atoms with Crippen LogP contribution in [0.15, 0.2) is 39.0 Å². The first kappa shape index (κ1) is 18.4. The number of methoxy groups -OCH3 is 1. The zero-order valence-electron chi connectivity index (χ0n) is 15.2. The second-order valence-corrected chi connectivity index (χ2v) is 5.84. The number of aliphatic hydroxyl groups is 1. The topological polar surface area (TPSA) is 127 Å². The Hall–Kier alpha value is -3.40. The predicted octanol–water partition coefficient (Wildman–Crippen LogP) is 0.260.